The zero-order chi connectivity index (χ0) is 8.65. The molecule has 0 saturated carbocycles. The Morgan fingerprint density at radius 2 is 2.17 bits per heavy atom. The van der Waals surface area contributed by atoms with E-state index in [1.165, 1.54) is 25.9 Å². The predicted molar refractivity (Wildman–Crippen MR) is 49.5 cm³/mol. The summed E-state index contributed by atoms with van der Waals surface area (Å²) in [5, 5.41) is 14.5. The third-order valence-corrected chi connectivity index (χ3v) is 1.86. The highest BCUT2D eigenvalue weighted by atomic mass is 16.3. The first kappa shape index (κ1) is 9.64. The van der Waals surface area contributed by atoms with Crippen LogP contribution in [0.4, 0.5) is 0 Å². The SMILES string of the molecule is C1CCNC1.OCC1N=CCN1. The molecule has 1 fully saturated rings. The number of aliphatic imine (C=N–C) groups is 1. The first-order valence-corrected chi connectivity index (χ1v) is 4.50. The Labute approximate surface area is 73.1 Å². The number of rotatable bonds is 1. The highest BCUT2D eigenvalue weighted by Crippen LogP contribution is 1.90. The standard InChI is InChI=1S/C4H8N2O.C4H9N/c7-3-4-5-1-2-6-4;1-2-4-5-3-1/h1,4,6-7H,2-3H2;5H,1-4H2. The van der Waals surface area contributed by atoms with Crippen molar-refractivity contribution in [2.24, 2.45) is 4.99 Å². The predicted octanol–water partition coefficient (Wildman–Crippen LogP) is -0.651. The van der Waals surface area contributed by atoms with E-state index in [1.807, 2.05) is 0 Å². The zero-order valence-corrected chi connectivity index (χ0v) is 7.29. The molecule has 1 saturated heterocycles. The van der Waals surface area contributed by atoms with Crippen molar-refractivity contribution in [2.45, 2.75) is 19.0 Å². The Kier molecular flexibility index (Phi) is 4.91. The second-order valence-corrected chi connectivity index (χ2v) is 2.90. The van der Waals surface area contributed by atoms with Crippen molar-refractivity contribution >= 4 is 6.21 Å². The molecule has 0 bridgehead atoms. The Morgan fingerprint density at radius 3 is 2.42 bits per heavy atom. The second kappa shape index (κ2) is 6.11. The molecular formula is C8H17N3O. The average Bonchev–Trinajstić information content (AvgIpc) is 2.81. The van der Waals surface area contributed by atoms with Gasteiger partial charge >= 0.3 is 0 Å². The van der Waals surface area contributed by atoms with Crippen LogP contribution in [0.5, 0.6) is 0 Å². The largest absolute Gasteiger partial charge is 0.393 e. The fourth-order valence-electron chi connectivity index (χ4n) is 1.16. The van der Waals surface area contributed by atoms with Crippen molar-refractivity contribution in [2.75, 3.05) is 26.2 Å². The van der Waals surface area contributed by atoms with Gasteiger partial charge in [-0.1, -0.05) is 0 Å². The van der Waals surface area contributed by atoms with Crippen molar-refractivity contribution in [3.8, 4) is 0 Å². The molecule has 1 unspecified atom stereocenters. The van der Waals surface area contributed by atoms with Crippen LogP contribution in [0.3, 0.4) is 0 Å². The van der Waals surface area contributed by atoms with Crippen LogP contribution >= 0.6 is 0 Å². The molecule has 4 nitrogen and oxygen atoms in total. The number of hydrogen-bond acceptors (Lipinski definition) is 4. The molecule has 0 spiro atoms. The van der Waals surface area contributed by atoms with E-state index in [0.717, 1.165) is 6.54 Å². The zero-order valence-electron chi connectivity index (χ0n) is 7.29. The molecule has 2 aliphatic rings. The van der Waals surface area contributed by atoms with Crippen LogP contribution in [-0.2, 0) is 0 Å². The number of aliphatic hydroxyl groups is 1. The molecule has 70 valence electrons. The highest BCUT2D eigenvalue weighted by Gasteiger charge is 2.04. The molecule has 2 heterocycles. The van der Waals surface area contributed by atoms with Crippen LogP contribution in [-0.4, -0.2) is 43.7 Å². The number of aliphatic hydroxyl groups excluding tert-OH is 1. The first-order chi connectivity index (χ1) is 5.93. The third-order valence-electron chi connectivity index (χ3n) is 1.86. The minimum atomic E-state index is -0.0278. The van der Waals surface area contributed by atoms with E-state index >= 15 is 0 Å². The van der Waals surface area contributed by atoms with E-state index in [2.05, 4.69) is 15.6 Å². The molecule has 1 atom stereocenters. The van der Waals surface area contributed by atoms with Crippen LogP contribution < -0.4 is 10.6 Å². The lowest BCUT2D eigenvalue weighted by atomic mass is 10.4. The van der Waals surface area contributed by atoms with E-state index in [-0.39, 0.29) is 12.8 Å². The van der Waals surface area contributed by atoms with Crippen molar-refractivity contribution < 1.29 is 5.11 Å². The van der Waals surface area contributed by atoms with Gasteiger partial charge in [-0.05, 0) is 25.9 Å². The lowest BCUT2D eigenvalue weighted by Crippen LogP contribution is -2.25. The topological polar surface area (TPSA) is 56.6 Å². The van der Waals surface area contributed by atoms with Gasteiger partial charge in [0, 0.05) is 12.8 Å². The summed E-state index contributed by atoms with van der Waals surface area (Å²) in [6.07, 6.45) is 4.51. The van der Waals surface area contributed by atoms with E-state index < -0.39 is 0 Å². The van der Waals surface area contributed by atoms with Gasteiger partial charge in [-0.3, -0.25) is 10.3 Å². The van der Waals surface area contributed by atoms with Gasteiger partial charge in [0.2, 0.25) is 0 Å². The summed E-state index contributed by atoms with van der Waals surface area (Å²) in [7, 11) is 0. The number of nitrogens with zero attached hydrogens (tertiary/aromatic N) is 1. The number of nitrogens with one attached hydrogen (secondary N) is 2. The monoisotopic (exact) mass is 171 g/mol. The normalized spacial score (nSPS) is 26.9. The van der Waals surface area contributed by atoms with Gasteiger partial charge in [-0.2, -0.15) is 0 Å². The minimum Gasteiger partial charge on any atom is -0.393 e. The maximum Gasteiger partial charge on any atom is 0.123 e. The van der Waals surface area contributed by atoms with Gasteiger partial charge < -0.3 is 10.4 Å². The molecule has 2 aliphatic heterocycles. The van der Waals surface area contributed by atoms with Gasteiger partial charge in [0.1, 0.15) is 6.17 Å². The molecule has 2 rings (SSSR count). The van der Waals surface area contributed by atoms with Crippen molar-refractivity contribution in [1.29, 1.82) is 0 Å². The summed E-state index contributed by atoms with van der Waals surface area (Å²) in [6, 6.07) is 0. The molecule has 0 aromatic carbocycles. The lowest BCUT2D eigenvalue weighted by molar-refractivity contribution is 0.256. The molecule has 0 aromatic rings. The van der Waals surface area contributed by atoms with Crippen molar-refractivity contribution in [3.63, 3.8) is 0 Å². The molecule has 0 radical (unpaired) electrons. The summed E-state index contributed by atoms with van der Waals surface area (Å²) in [5.74, 6) is 0. The van der Waals surface area contributed by atoms with E-state index in [4.69, 9.17) is 5.11 Å². The fraction of sp³-hybridized carbons (Fsp3) is 0.875. The summed E-state index contributed by atoms with van der Waals surface area (Å²) in [6.45, 7) is 3.40. The highest BCUT2D eigenvalue weighted by molar-refractivity contribution is 5.61. The van der Waals surface area contributed by atoms with E-state index in [9.17, 15) is 0 Å². The van der Waals surface area contributed by atoms with E-state index in [0.29, 0.717) is 0 Å². The third kappa shape index (κ3) is 3.80. The molecule has 4 heteroatoms. The summed E-state index contributed by atoms with van der Waals surface area (Å²) in [5.41, 5.74) is 0. The maximum atomic E-state index is 8.39. The van der Waals surface area contributed by atoms with Crippen LogP contribution in [0.15, 0.2) is 4.99 Å². The van der Waals surface area contributed by atoms with Gasteiger partial charge in [0.15, 0.2) is 0 Å². The molecule has 0 aliphatic carbocycles. The van der Waals surface area contributed by atoms with Crippen LogP contribution in [0.1, 0.15) is 12.8 Å². The molecule has 0 amide bonds. The van der Waals surface area contributed by atoms with Crippen molar-refractivity contribution in [3.05, 3.63) is 0 Å². The Hall–Kier alpha value is -0.450. The van der Waals surface area contributed by atoms with Gasteiger partial charge in [-0.15, -0.1) is 0 Å². The Morgan fingerprint density at radius 1 is 1.42 bits per heavy atom. The summed E-state index contributed by atoms with van der Waals surface area (Å²) < 4.78 is 0. The van der Waals surface area contributed by atoms with Gasteiger partial charge in [0.25, 0.3) is 0 Å². The van der Waals surface area contributed by atoms with Crippen LogP contribution in [0.2, 0.25) is 0 Å². The molecule has 12 heavy (non-hydrogen) atoms. The Bertz CT molecular complexity index is 127. The quantitative estimate of drug-likeness (QED) is 0.491. The number of hydrogen-bond donors (Lipinski definition) is 3. The summed E-state index contributed by atoms with van der Waals surface area (Å²) >= 11 is 0. The molecular weight excluding hydrogens is 154 g/mol. The molecule has 0 aromatic heterocycles. The fourth-order valence-corrected chi connectivity index (χ4v) is 1.16. The van der Waals surface area contributed by atoms with Gasteiger partial charge in [-0.25, -0.2) is 0 Å². The van der Waals surface area contributed by atoms with Gasteiger partial charge in [0.05, 0.1) is 6.61 Å². The summed E-state index contributed by atoms with van der Waals surface area (Å²) in [4.78, 5) is 3.87. The van der Waals surface area contributed by atoms with Crippen LogP contribution in [0, 0.1) is 0 Å². The van der Waals surface area contributed by atoms with Crippen molar-refractivity contribution in [1.82, 2.24) is 10.6 Å². The average molecular weight is 171 g/mol. The minimum absolute atomic E-state index is 0.0278. The van der Waals surface area contributed by atoms with E-state index in [1.54, 1.807) is 6.21 Å². The van der Waals surface area contributed by atoms with Crippen LogP contribution in [0.25, 0.3) is 0 Å². The Balaban J connectivity index is 0.000000127. The first-order valence-electron chi connectivity index (χ1n) is 4.50. The second-order valence-electron chi connectivity index (χ2n) is 2.90. The molecule has 3 N–H and O–H groups in total. The smallest absolute Gasteiger partial charge is 0.123 e. The maximum absolute atomic E-state index is 8.39. The lowest BCUT2D eigenvalue weighted by Gasteiger charge is -1.99.